The van der Waals surface area contributed by atoms with E-state index in [9.17, 15) is 9.59 Å². The van der Waals surface area contributed by atoms with E-state index in [1.54, 1.807) is 0 Å². The molecule has 1 atom stereocenters. The van der Waals surface area contributed by atoms with Crippen molar-refractivity contribution in [2.75, 3.05) is 7.11 Å². The van der Waals surface area contributed by atoms with Gasteiger partial charge in [-0.15, -0.1) is 0 Å². The molecule has 0 heterocycles. The van der Waals surface area contributed by atoms with Crippen LogP contribution >= 0.6 is 0 Å². The fourth-order valence-corrected chi connectivity index (χ4v) is 2.99. The van der Waals surface area contributed by atoms with E-state index in [1.807, 2.05) is 0 Å². The second-order valence-electron chi connectivity index (χ2n) is 5.56. The zero-order valence-corrected chi connectivity index (χ0v) is 11.6. The van der Waals surface area contributed by atoms with E-state index in [-0.39, 0.29) is 29.8 Å². The summed E-state index contributed by atoms with van der Waals surface area (Å²) in [7, 11) is 1.44. The molecule has 0 aromatic rings. The van der Waals surface area contributed by atoms with Crippen LogP contribution in [0.25, 0.3) is 0 Å². The molecular formula is C15H23NO3. The van der Waals surface area contributed by atoms with Gasteiger partial charge in [-0.3, -0.25) is 9.59 Å². The summed E-state index contributed by atoms with van der Waals surface area (Å²) in [4.78, 5) is 23.5. The number of amides is 1. The monoisotopic (exact) mass is 265 g/mol. The molecule has 106 valence electrons. The molecule has 2 aliphatic carbocycles. The Morgan fingerprint density at radius 3 is 2.37 bits per heavy atom. The number of methoxy groups -OCH3 is 1. The molecule has 0 aliphatic heterocycles. The maximum absolute atomic E-state index is 12.1. The van der Waals surface area contributed by atoms with E-state index in [1.165, 1.54) is 7.11 Å². The molecule has 1 N–H and O–H groups in total. The molecule has 0 aromatic heterocycles. The van der Waals surface area contributed by atoms with Crippen molar-refractivity contribution in [3.8, 4) is 0 Å². The molecule has 1 amide bonds. The van der Waals surface area contributed by atoms with Crippen molar-refractivity contribution in [1.82, 2.24) is 5.32 Å². The fourth-order valence-electron chi connectivity index (χ4n) is 2.99. The minimum Gasteiger partial charge on any atom is -0.469 e. The van der Waals surface area contributed by atoms with Gasteiger partial charge in [0.1, 0.15) is 0 Å². The van der Waals surface area contributed by atoms with E-state index < -0.39 is 0 Å². The van der Waals surface area contributed by atoms with Crippen LogP contribution in [-0.4, -0.2) is 25.0 Å². The lowest BCUT2D eigenvalue weighted by atomic mass is 9.85. The predicted molar refractivity (Wildman–Crippen MR) is 72.4 cm³/mol. The van der Waals surface area contributed by atoms with Gasteiger partial charge in [-0.2, -0.15) is 0 Å². The van der Waals surface area contributed by atoms with Crippen LogP contribution in [0.15, 0.2) is 12.2 Å². The third-order valence-corrected chi connectivity index (χ3v) is 4.25. The molecule has 0 radical (unpaired) electrons. The number of carbonyl (C=O) groups excluding carboxylic acids is 2. The summed E-state index contributed by atoms with van der Waals surface area (Å²) >= 11 is 0. The van der Waals surface area contributed by atoms with Crippen molar-refractivity contribution in [2.45, 2.75) is 51.0 Å². The van der Waals surface area contributed by atoms with Crippen LogP contribution in [0.2, 0.25) is 0 Å². The lowest BCUT2D eigenvalue weighted by Crippen LogP contribution is -2.42. The average molecular weight is 265 g/mol. The number of esters is 1. The van der Waals surface area contributed by atoms with Gasteiger partial charge >= 0.3 is 5.97 Å². The SMILES string of the molecule is COC(=O)C1CCC(NC(=O)C2CC=CCC2)CC1. The summed E-state index contributed by atoms with van der Waals surface area (Å²) in [5.74, 6) is 0.243. The summed E-state index contributed by atoms with van der Waals surface area (Å²) in [6, 6.07) is 0.235. The Morgan fingerprint density at radius 1 is 1.05 bits per heavy atom. The first-order chi connectivity index (χ1) is 9.20. The number of carbonyl (C=O) groups is 2. The van der Waals surface area contributed by atoms with Crippen molar-refractivity contribution < 1.29 is 14.3 Å². The molecule has 4 heteroatoms. The molecule has 2 rings (SSSR count). The second-order valence-corrected chi connectivity index (χ2v) is 5.56. The van der Waals surface area contributed by atoms with Crippen LogP contribution in [0.5, 0.6) is 0 Å². The van der Waals surface area contributed by atoms with Crippen molar-refractivity contribution in [2.24, 2.45) is 11.8 Å². The second kappa shape index (κ2) is 6.73. The topological polar surface area (TPSA) is 55.4 Å². The quantitative estimate of drug-likeness (QED) is 0.628. The molecule has 0 spiro atoms. The van der Waals surface area contributed by atoms with E-state index in [0.717, 1.165) is 44.9 Å². The number of ether oxygens (including phenoxy) is 1. The van der Waals surface area contributed by atoms with Crippen molar-refractivity contribution in [1.29, 1.82) is 0 Å². The Morgan fingerprint density at radius 2 is 1.79 bits per heavy atom. The lowest BCUT2D eigenvalue weighted by molar-refractivity contribution is -0.146. The van der Waals surface area contributed by atoms with Crippen LogP contribution < -0.4 is 5.32 Å². The molecular weight excluding hydrogens is 242 g/mol. The number of allylic oxidation sites excluding steroid dienone is 2. The first-order valence-electron chi connectivity index (χ1n) is 7.24. The summed E-state index contributed by atoms with van der Waals surface area (Å²) in [5, 5.41) is 3.14. The number of nitrogens with one attached hydrogen (secondary N) is 1. The van der Waals surface area contributed by atoms with E-state index in [2.05, 4.69) is 17.5 Å². The molecule has 1 saturated carbocycles. The van der Waals surface area contributed by atoms with Gasteiger partial charge in [0, 0.05) is 12.0 Å². The summed E-state index contributed by atoms with van der Waals surface area (Å²) in [6.07, 6.45) is 10.5. The van der Waals surface area contributed by atoms with Crippen molar-refractivity contribution in [3.63, 3.8) is 0 Å². The molecule has 0 saturated heterocycles. The van der Waals surface area contributed by atoms with Gasteiger partial charge in [0.2, 0.25) is 5.91 Å². The highest BCUT2D eigenvalue weighted by Gasteiger charge is 2.29. The van der Waals surface area contributed by atoms with Gasteiger partial charge in [-0.25, -0.2) is 0 Å². The predicted octanol–water partition coefficient (Wildman–Crippen LogP) is 2.19. The van der Waals surface area contributed by atoms with Gasteiger partial charge in [-0.1, -0.05) is 12.2 Å². The normalized spacial score (nSPS) is 30.7. The summed E-state index contributed by atoms with van der Waals surface area (Å²) in [5.41, 5.74) is 0. The number of hydrogen-bond acceptors (Lipinski definition) is 3. The zero-order chi connectivity index (χ0) is 13.7. The Balaban J connectivity index is 1.74. The first-order valence-corrected chi connectivity index (χ1v) is 7.24. The summed E-state index contributed by atoms with van der Waals surface area (Å²) in [6.45, 7) is 0. The highest BCUT2D eigenvalue weighted by atomic mass is 16.5. The standard InChI is InChI=1S/C15H23NO3/c1-19-15(18)12-7-9-13(10-8-12)16-14(17)11-5-3-2-4-6-11/h2-3,11-13H,4-10H2,1H3,(H,16,17). The molecule has 19 heavy (non-hydrogen) atoms. The highest BCUT2D eigenvalue weighted by Crippen LogP contribution is 2.26. The van der Waals surface area contributed by atoms with E-state index in [4.69, 9.17) is 4.74 Å². The maximum Gasteiger partial charge on any atom is 0.308 e. The van der Waals surface area contributed by atoms with Gasteiger partial charge < -0.3 is 10.1 Å². The van der Waals surface area contributed by atoms with Crippen LogP contribution in [0, 0.1) is 11.8 Å². The smallest absolute Gasteiger partial charge is 0.308 e. The molecule has 2 aliphatic rings. The minimum atomic E-state index is -0.109. The first kappa shape index (κ1) is 14.1. The minimum absolute atomic E-state index is 0.0239. The zero-order valence-electron chi connectivity index (χ0n) is 11.6. The molecule has 1 fully saturated rings. The van der Waals surface area contributed by atoms with Crippen LogP contribution in [0.3, 0.4) is 0 Å². The lowest BCUT2D eigenvalue weighted by Gasteiger charge is -2.29. The Hall–Kier alpha value is -1.32. The fraction of sp³-hybridized carbons (Fsp3) is 0.733. The van der Waals surface area contributed by atoms with Crippen LogP contribution in [0.4, 0.5) is 0 Å². The van der Waals surface area contributed by atoms with Crippen LogP contribution in [0.1, 0.15) is 44.9 Å². The Kier molecular flexibility index (Phi) is 5.00. The van der Waals surface area contributed by atoms with Gasteiger partial charge in [0.05, 0.1) is 13.0 Å². The van der Waals surface area contributed by atoms with Gasteiger partial charge in [0.25, 0.3) is 0 Å². The molecule has 0 aromatic carbocycles. The number of rotatable bonds is 3. The number of hydrogen-bond donors (Lipinski definition) is 1. The van der Waals surface area contributed by atoms with Crippen LogP contribution in [-0.2, 0) is 14.3 Å². The average Bonchev–Trinajstić information content (AvgIpc) is 2.48. The van der Waals surface area contributed by atoms with Gasteiger partial charge in [0.15, 0.2) is 0 Å². The van der Waals surface area contributed by atoms with Gasteiger partial charge in [-0.05, 0) is 44.9 Å². The maximum atomic E-state index is 12.1. The van der Waals surface area contributed by atoms with Crippen molar-refractivity contribution >= 4 is 11.9 Å². The highest BCUT2D eigenvalue weighted by molar-refractivity contribution is 5.79. The summed E-state index contributed by atoms with van der Waals surface area (Å²) < 4.78 is 4.77. The van der Waals surface area contributed by atoms with Crippen molar-refractivity contribution in [3.05, 3.63) is 12.2 Å². The molecule has 1 unspecified atom stereocenters. The third kappa shape index (κ3) is 3.82. The molecule has 4 nitrogen and oxygen atoms in total. The largest absolute Gasteiger partial charge is 0.469 e. The molecule has 0 bridgehead atoms. The Labute approximate surface area is 114 Å². The van der Waals surface area contributed by atoms with E-state index >= 15 is 0 Å². The van der Waals surface area contributed by atoms with E-state index in [0.29, 0.717) is 0 Å². The Bertz CT molecular complexity index is 356. The third-order valence-electron chi connectivity index (χ3n) is 4.25.